The number of thiophene rings is 1. The number of amides is 1. The number of carbonyl (C=O) groups excluding carboxylic acids is 1. The number of rotatable bonds is 5. The molecule has 0 aliphatic carbocycles. The van der Waals surface area contributed by atoms with Gasteiger partial charge in [-0.25, -0.2) is 0 Å². The van der Waals surface area contributed by atoms with E-state index in [0.29, 0.717) is 13.2 Å². The molecule has 1 amide bonds. The van der Waals surface area contributed by atoms with Gasteiger partial charge in [-0.1, -0.05) is 12.1 Å². The minimum atomic E-state index is 0.0538. The minimum absolute atomic E-state index is 0.0538. The van der Waals surface area contributed by atoms with Crippen LogP contribution in [0.3, 0.4) is 0 Å². The number of carbonyl (C=O) groups is 1. The van der Waals surface area contributed by atoms with Crippen molar-refractivity contribution in [2.75, 3.05) is 13.7 Å². The highest BCUT2D eigenvalue weighted by atomic mass is 127. The fourth-order valence-electron chi connectivity index (χ4n) is 1.85. The van der Waals surface area contributed by atoms with Crippen LogP contribution in [0.4, 0.5) is 0 Å². The van der Waals surface area contributed by atoms with Gasteiger partial charge in [-0.2, -0.15) is 0 Å². The second-order valence-electron chi connectivity index (χ2n) is 4.38. The summed E-state index contributed by atoms with van der Waals surface area (Å²) in [4.78, 5) is 14.0. The van der Waals surface area contributed by atoms with E-state index in [2.05, 4.69) is 22.6 Å². The van der Waals surface area contributed by atoms with E-state index in [4.69, 9.17) is 4.74 Å². The highest BCUT2D eigenvalue weighted by Gasteiger charge is 2.13. The van der Waals surface area contributed by atoms with Crippen molar-refractivity contribution in [3.05, 3.63) is 49.7 Å². The first-order valence-electron chi connectivity index (χ1n) is 6.31. The van der Waals surface area contributed by atoms with Gasteiger partial charge >= 0.3 is 0 Å². The van der Waals surface area contributed by atoms with E-state index in [-0.39, 0.29) is 5.91 Å². The first-order chi connectivity index (χ1) is 9.60. The number of hydrogen-bond acceptors (Lipinski definition) is 3. The molecular formula is C15H16INO2S. The van der Waals surface area contributed by atoms with Crippen LogP contribution < -0.4 is 4.74 Å². The first kappa shape index (κ1) is 15.3. The standard InChI is InChI=1S/C15H16INO2S/c1-3-19-13-6-4-11(5-7-13)9-17(2)15(18)12-8-14(16)20-10-12/h4-8,10H,3,9H2,1-2H3. The van der Waals surface area contributed by atoms with E-state index in [1.165, 1.54) is 0 Å². The maximum atomic E-state index is 12.2. The Morgan fingerprint density at radius 1 is 1.35 bits per heavy atom. The first-order valence-corrected chi connectivity index (χ1v) is 8.27. The summed E-state index contributed by atoms with van der Waals surface area (Å²) >= 11 is 3.81. The molecule has 0 aliphatic heterocycles. The molecule has 106 valence electrons. The summed E-state index contributed by atoms with van der Waals surface area (Å²) in [6.07, 6.45) is 0. The van der Waals surface area contributed by atoms with Crippen molar-refractivity contribution in [3.8, 4) is 5.75 Å². The smallest absolute Gasteiger partial charge is 0.254 e. The molecular weight excluding hydrogens is 385 g/mol. The molecule has 0 aliphatic rings. The maximum absolute atomic E-state index is 12.2. The zero-order valence-electron chi connectivity index (χ0n) is 11.4. The van der Waals surface area contributed by atoms with Crippen LogP contribution in [0, 0.1) is 2.88 Å². The molecule has 0 atom stereocenters. The lowest BCUT2D eigenvalue weighted by Crippen LogP contribution is -2.25. The summed E-state index contributed by atoms with van der Waals surface area (Å²) in [5.74, 6) is 0.913. The average Bonchev–Trinajstić information content (AvgIpc) is 2.87. The summed E-state index contributed by atoms with van der Waals surface area (Å²) < 4.78 is 6.53. The van der Waals surface area contributed by atoms with Gasteiger partial charge in [0.05, 0.1) is 15.1 Å². The Morgan fingerprint density at radius 2 is 2.05 bits per heavy atom. The van der Waals surface area contributed by atoms with Crippen molar-refractivity contribution in [1.29, 1.82) is 0 Å². The molecule has 2 rings (SSSR count). The maximum Gasteiger partial charge on any atom is 0.254 e. The summed E-state index contributed by atoms with van der Waals surface area (Å²) in [6.45, 7) is 3.22. The third kappa shape index (κ3) is 3.96. The Bertz CT molecular complexity index is 580. The molecule has 3 nitrogen and oxygen atoms in total. The van der Waals surface area contributed by atoms with Crippen LogP contribution in [-0.4, -0.2) is 24.5 Å². The molecule has 0 N–H and O–H groups in total. The predicted octanol–water partition coefficient (Wildman–Crippen LogP) is 4.02. The van der Waals surface area contributed by atoms with Crippen molar-refractivity contribution in [1.82, 2.24) is 4.90 Å². The normalized spacial score (nSPS) is 10.3. The molecule has 0 unspecified atom stereocenters. The van der Waals surface area contributed by atoms with Crippen molar-refractivity contribution in [3.63, 3.8) is 0 Å². The van der Waals surface area contributed by atoms with Crippen LogP contribution in [0.5, 0.6) is 5.75 Å². The van der Waals surface area contributed by atoms with E-state index < -0.39 is 0 Å². The van der Waals surface area contributed by atoms with Gasteiger partial charge in [0.25, 0.3) is 5.91 Å². The van der Waals surface area contributed by atoms with Crippen LogP contribution in [0.15, 0.2) is 35.7 Å². The minimum Gasteiger partial charge on any atom is -0.494 e. The molecule has 0 saturated carbocycles. The van der Waals surface area contributed by atoms with Crippen molar-refractivity contribution >= 4 is 39.8 Å². The highest BCUT2D eigenvalue weighted by molar-refractivity contribution is 14.1. The molecule has 0 radical (unpaired) electrons. The van der Waals surface area contributed by atoms with E-state index in [0.717, 1.165) is 19.8 Å². The Balaban J connectivity index is 2.00. The molecule has 0 bridgehead atoms. The molecule has 1 aromatic heterocycles. The van der Waals surface area contributed by atoms with Gasteiger partial charge in [-0.3, -0.25) is 4.79 Å². The highest BCUT2D eigenvalue weighted by Crippen LogP contribution is 2.19. The number of nitrogens with zero attached hydrogens (tertiary/aromatic N) is 1. The largest absolute Gasteiger partial charge is 0.494 e. The van der Waals surface area contributed by atoms with Crippen LogP contribution >= 0.6 is 33.9 Å². The van der Waals surface area contributed by atoms with E-state index in [9.17, 15) is 4.79 Å². The molecule has 0 fully saturated rings. The third-order valence-electron chi connectivity index (χ3n) is 2.82. The lowest BCUT2D eigenvalue weighted by atomic mass is 10.2. The lowest BCUT2D eigenvalue weighted by molar-refractivity contribution is 0.0785. The van der Waals surface area contributed by atoms with Crippen LogP contribution in [-0.2, 0) is 6.54 Å². The zero-order valence-corrected chi connectivity index (χ0v) is 14.4. The van der Waals surface area contributed by atoms with Gasteiger partial charge in [-0.15, -0.1) is 11.3 Å². The molecule has 1 aromatic carbocycles. The van der Waals surface area contributed by atoms with Crippen molar-refractivity contribution in [2.24, 2.45) is 0 Å². The number of hydrogen-bond donors (Lipinski definition) is 0. The zero-order chi connectivity index (χ0) is 14.5. The van der Waals surface area contributed by atoms with Gasteiger partial charge in [0.1, 0.15) is 5.75 Å². The van der Waals surface area contributed by atoms with Crippen LogP contribution in [0.2, 0.25) is 0 Å². The Kier molecular flexibility index (Phi) is 5.42. The fourth-order valence-corrected chi connectivity index (χ4v) is 3.17. The number of benzene rings is 1. The summed E-state index contributed by atoms with van der Waals surface area (Å²) in [5.41, 5.74) is 1.85. The topological polar surface area (TPSA) is 29.5 Å². The molecule has 0 spiro atoms. The molecule has 2 aromatic rings. The van der Waals surface area contributed by atoms with Crippen molar-refractivity contribution in [2.45, 2.75) is 13.5 Å². The molecule has 20 heavy (non-hydrogen) atoms. The predicted molar refractivity (Wildman–Crippen MR) is 90.4 cm³/mol. The molecule has 0 saturated heterocycles. The SMILES string of the molecule is CCOc1ccc(CN(C)C(=O)c2csc(I)c2)cc1. The van der Waals surface area contributed by atoms with Gasteiger partial charge < -0.3 is 9.64 Å². The van der Waals surface area contributed by atoms with Gasteiger partial charge in [-0.05, 0) is 53.3 Å². The summed E-state index contributed by atoms with van der Waals surface area (Å²) in [5, 5.41) is 1.90. The van der Waals surface area contributed by atoms with E-state index >= 15 is 0 Å². The quantitative estimate of drug-likeness (QED) is 0.709. The van der Waals surface area contributed by atoms with Crippen LogP contribution in [0.25, 0.3) is 0 Å². The van der Waals surface area contributed by atoms with E-state index in [1.807, 2.05) is 49.7 Å². The Morgan fingerprint density at radius 3 is 2.60 bits per heavy atom. The Hall–Kier alpha value is -1.08. The molecule has 5 heteroatoms. The van der Waals surface area contributed by atoms with Crippen molar-refractivity contribution < 1.29 is 9.53 Å². The van der Waals surface area contributed by atoms with E-state index in [1.54, 1.807) is 16.2 Å². The second kappa shape index (κ2) is 7.08. The summed E-state index contributed by atoms with van der Waals surface area (Å²) in [7, 11) is 1.82. The third-order valence-corrected chi connectivity index (χ3v) is 4.60. The van der Waals surface area contributed by atoms with Gasteiger partial charge in [0, 0.05) is 19.0 Å². The number of ether oxygens (including phenoxy) is 1. The molecule has 1 heterocycles. The van der Waals surface area contributed by atoms with Gasteiger partial charge in [0.2, 0.25) is 0 Å². The Labute approximate surface area is 136 Å². The average molecular weight is 401 g/mol. The summed E-state index contributed by atoms with van der Waals surface area (Å²) in [6, 6.07) is 9.77. The van der Waals surface area contributed by atoms with Gasteiger partial charge in [0.15, 0.2) is 0 Å². The monoisotopic (exact) mass is 401 g/mol. The second-order valence-corrected chi connectivity index (χ2v) is 7.18. The number of halogens is 1. The van der Waals surface area contributed by atoms with Crippen LogP contribution in [0.1, 0.15) is 22.8 Å². The lowest BCUT2D eigenvalue weighted by Gasteiger charge is -2.16. The fraction of sp³-hybridized carbons (Fsp3) is 0.267.